The van der Waals surface area contributed by atoms with Gasteiger partial charge in [-0.05, 0) is 82.1 Å². The van der Waals surface area contributed by atoms with Crippen molar-refractivity contribution in [3.05, 3.63) is 45.1 Å². The molecule has 0 aromatic carbocycles. The SMILES string of the molecule is NCCCCN(Cc1ccc(Br)o1)Cc1ccc(Br)o1. The number of hydrogen-bond acceptors (Lipinski definition) is 4. The molecule has 110 valence electrons. The van der Waals surface area contributed by atoms with Crippen LogP contribution in [0.5, 0.6) is 0 Å². The van der Waals surface area contributed by atoms with E-state index in [1.807, 2.05) is 24.3 Å². The van der Waals surface area contributed by atoms with Crippen LogP contribution in [0.3, 0.4) is 0 Å². The molecule has 6 heteroatoms. The molecule has 0 spiro atoms. The summed E-state index contributed by atoms with van der Waals surface area (Å²) in [6, 6.07) is 7.80. The molecule has 0 unspecified atom stereocenters. The molecule has 2 rings (SSSR count). The van der Waals surface area contributed by atoms with Crippen molar-refractivity contribution < 1.29 is 8.83 Å². The third-order valence-corrected chi connectivity index (χ3v) is 3.80. The third kappa shape index (κ3) is 5.09. The van der Waals surface area contributed by atoms with Crippen molar-refractivity contribution in [2.75, 3.05) is 13.1 Å². The Morgan fingerprint density at radius 3 is 1.85 bits per heavy atom. The van der Waals surface area contributed by atoms with E-state index in [-0.39, 0.29) is 0 Å². The fourth-order valence-electron chi connectivity index (χ4n) is 2.01. The molecule has 0 saturated heterocycles. The van der Waals surface area contributed by atoms with E-state index in [4.69, 9.17) is 14.6 Å². The summed E-state index contributed by atoms with van der Waals surface area (Å²) in [6.07, 6.45) is 2.10. The predicted molar refractivity (Wildman–Crippen MR) is 85.2 cm³/mol. The zero-order chi connectivity index (χ0) is 14.4. The van der Waals surface area contributed by atoms with Crippen LogP contribution in [-0.2, 0) is 13.1 Å². The van der Waals surface area contributed by atoms with Gasteiger partial charge in [0.1, 0.15) is 11.5 Å². The average Bonchev–Trinajstić information content (AvgIpc) is 2.99. The third-order valence-electron chi connectivity index (χ3n) is 2.95. The highest BCUT2D eigenvalue weighted by Crippen LogP contribution is 2.19. The summed E-state index contributed by atoms with van der Waals surface area (Å²) in [5, 5.41) is 0. The van der Waals surface area contributed by atoms with Crippen LogP contribution in [0.15, 0.2) is 42.4 Å². The lowest BCUT2D eigenvalue weighted by molar-refractivity contribution is 0.212. The molecule has 2 aromatic heterocycles. The maximum atomic E-state index is 5.57. The number of hydrogen-bond donors (Lipinski definition) is 1. The fourth-order valence-corrected chi connectivity index (χ4v) is 2.69. The summed E-state index contributed by atoms with van der Waals surface area (Å²) in [5.74, 6) is 1.88. The molecule has 0 aliphatic carbocycles. The number of nitrogens with zero attached hydrogens (tertiary/aromatic N) is 1. The lowest BCUT2D eigenvalue weighted by Gasteiger charge is -2.19. The van der Waals surface area contributed by atoms with Crippen LogP contribution >= 0.6 is 31.9 Å². The first-order chi connectivity index (χ1) is 9.67. The molecule has 0 fully saturated rings. The van der Waals surface area contributed by atoms with E-state index >= 15 is 0 Å². The van der Waals surface area contributed by atoms with Crippen LogP contribution in [-0.4, -0.2) is 18.0 Å². The monoisotopic (exact) mass is 404 g/mol. The summed E-state index contributed by atoms with van der Waals surface area (Å²) in [7, 11) is 0. The highest BCUT2D eigenvalue weighted by Gasteiger charge is 2.11. The normalized spacial score (nSPS) is 11.4. The smallest absolute Gasteiger partial charge is 0.169 e. The van der Waals surface area contributed by atoms with Gasteiger partial charge in [0.25, 0.3) is 0 Å². The highest BCUT2D eigenvalue weighted by atomic mass is 79.9. The quantitative estimate of drug-likeness (QED) is 0.670. The molecule has 0 aliphatic heterocycles. The molecule has 0 saturated carbocycles. The Hall–Kier alpha value is -0.560. The Kier molecular flexibility index (Phi) is 6.35. The van der Waals surface area contributed by atoms with Crippen LogP contribution in [0.2, 0.25) is 0 Å². The van der Waals surface area contributed by atoms with Crippen LogP contribution < -0.4 is 5.73 Å². The van der Waals surface area contributed by atoms with E-state index in [9.17, 15) is 0 Å². The van der Waals surface area contributed by atoms with Gasteiger partial charge < -0.3 is 14.6 Å². The van der Waals surface area contributed by atoms with Crippen LogP contribution in [0, 0.1) is 0 Å². The molecule has 0 atom stereocenters. The average molecular weight is 406 g/mol. The highest BCUT2D eigenvalue weighted by molar-refractivity contribution is 9.10. The number of nitrogens with two attached hydrogens (primary N) is 1. The molecular weight excluding hydrogens is 388 g/mol. The first-order valence-electron chi connectivity index (χ1n) is 6.58. The van der Waals surface area contributed by atoms with Gasteiger partial charge in [0, 0.05) is 0 Å². The van der Waals surface area contributed by atoms with Gasteiger partial charge in [0.2, 0.25) is 0 Å². The zero-order valence-corrected chi connectivity index (χ0v) is 14.3. The van der Waals surface area contributed by atoms with E-state index in [2.05, 4.69) is 36.8 Å². The topological polar surface area (TPSA) is 55.5 Å². The van der Waals surface area contributed by atoms with Crippen molar-refractivity contribution in [1.29, 1.82) is 0 Å². The summed E-state index contributed by atoms with van der Waals surface area (Å²) in [4.78, 5) is 2.30. The Morgan fingerprint density at radius 2 is 1.45 bits per heavy atom. The molecule has 4 nitrogen and oxygen atoms in total. The van der Waals surface area contributed by atoms with E-state index in [0.29, 0.717) is 0 Å². The van der Waals surface area contributed by atoms with Gasteiger partial charge in [0.05, 0.1) is 13.1 Å². The lowest BCUT2D eigenvalue weighted by atomic mass is 10.2. The maximum absolute atomic E-state index is 5.57. The van der Waals surface area contributed by atoms with Crippen LogP contribution in [0.4, 0.5) is 0 Å². The van der Waals surface area contributed by atoms with Gasteiger partial charge in [0.15, 0.2) is 9.34 Å². The molecule has 0 bridgehead atoms. The van der Waals surface area contributed by atoms with Crippen molar-refractivity contribution in [2.45, 2.75) is 25.9 Å². The molecule has 0 aliphatic rings. The molecule has 20 heavy (non-hydrogen) atoms. The number of unbranched alkanes of at least 4 members (excludes halogenated alkanes) is 1. The summed E-state index contributed by atoms with van der Waals surface area (Å²) in [6.45, 7) is 3.21. The van der Waals surface area contributed by atoms with Gasteiger partial charge in [-0.15, -0.1) is 0 Å². The molecule has 0 amide bonds. The molecule has 2 N–H and O–H groups in total. The van der Waals surface area contributed by atoms with Crippen LogP contribution in [0.1, 0.15) is 24.4 Å². The largest absolute Gasteiger partial charge is 0.453 e. The first-order valence-corrected chi connectivity index (χ1v) is 8.17. The molecule has 0 radical (unpaired) electrons. The van der Waals surface area contributed by atoms with Crippen LogP contribution in [0.25, 0.3) is 0 Å². The lowest BCUT2D eigenvalue weighted by Crippen LogP contribution is -2.24. The van der Waals surface area contributed by atoms with E-state index < -0.39 is 0 Å². The minimum Gasteiger partial charge on any atom is -0.453 e. The Labute approximate surface area is 135 Å². The standard InChI is InChI=1S/C14H18Br2N2O2/c15-13-5-3-11(19-13)9-18(8-2-1-7-17)10-12-4-6-14(16)20-12/h3-6H,1-2,7-10,17H2. The maximum Gasteiger partial charge on any atom is 0.169 e. The molecule has 2 heterocycles. The van der Waals surface area contributed by atoms with Gasteiger partial charge in [-0.25, -0.2) is 0 Å². The van der Waals surface area contributed by atoms with Gasteiger partial charge >= 0.3 is 0 Å². The van der Waals surface area contributed by atoms with Gasteiger partial charge in [-0.1, -0.05) is 0 Å². The van der Waals surface area contributed by atoms with Gasteiger partial charge in [-0.3, -0.25) is 4.90 Å². The van der Waals surface area contributed by atoms with Crippen molar-refractivity contribution >= 4 is 31.9 Å². The first kappa shape index (κ1) is 15.8. The molecule has 2 aromatic rings. The van der Waals surface area contributed by atoms with E-state index in [0.717, 1.165) is 59.9 Å². The number of rotatable bonds is 8. The Morgan fingerprint density at radius 1 is 0.900 bits per heavy atom. The number of halogens is 2. The predicted octanol–water partition coefficient (Wildman–Crippen LogP) is 4.14. The second-order valence-electron chi connectivity index (χ2n) is 4.62. The van der Waals surface area contributed by atoms with E-state index in [1.54, 1.807) is 0 Å². The van der Waals surface area contributed by atoms with Crippen molar-refractivity contribution in [1.82, 2.24) is 4.90 Å². The second kappa shape index (κ2) is 8.02. The van der Waals surface area contributed by atoms with Crippen molar-refractivity contribution in [2.24, 2.45) is 5.73 Å². The summed E-state index contributed by atoms with van der Waals surface area (Å²) >= 11 is 6.66. The van der Waals surface area contributed by atoms with Crippen molar-refractivity contribution in [3.63, 3.8) is 0 Å². The Balaban J connectivity index is 1.96. The number of furan rings is 2. The van der Waals surface area contributed by atoms with Gasteiger partial charge in [-0.2, -0.15) is 0 Å². The Bertz CT molecular complexity index is 482. The minimum absolute atomic E-state index is 0.729. The summed E-state index contributed by atoms with van der Waals surface area (Å²) < 4.78 is 12.7. The fraction of sp³-hybridized carbons (Fsp3) is 0.429. The second-order valence-corrected chi connectivity index (χ2v) is 6.18. The zero-order valence-electron chi connectivity index (χ0n) is 11.1. The minimum atomic E-state index is 0.729. The van der Waals surface area contributed by atoms with Crippen molar-refractivity contribution in [3.8, 4) is 0 Å². The summed E-state index contributed by atoms with van der Waals surface area (Å²) in [5.41, 5.74) is 5.56. The van der Waals surface area contributed by atoms with E-state index in [1.165, 1.54) is 0 Å². The molecular formula is C14H18Br2N2O2.